The van der Waals surface area contributed by atoms with Gasteiger partial charge in [0.25, 0.3) is 0 Å². The summed E-state index contributed by atoms with van der Waals surface area (Å²) in [6.45, 7) is 2.13. The molecule has 2 aliphatic rings. The Hall–Kier alpha value is -1.09. The number of nitrogens with one attached hydrogen (secondary N) is 1. The molecule has 0 radical (unpaired) electrons. The van der Waals surface area contributed by atoms with Gasteiger partial charge in [0, 0.05) is 6.04 Å². The standard InChI is InChI=1S/C15H18N2S/c1-9-2-5-13-12(6-9)16-15(18)17(13)14-8-10-3-4-11(14)7-10/h2,5-6,10-11,14H,3-4,7-8H2,1H3,(H,16,18). The number of aromatic amines is 1. The van der Waals surface area contributed by atoms with Crippen LogP contribution in [0, 0.1) is 23.5 Å². The van der Waals surface area contributed by atoms with E-state index >= 15 is 0 Å². The maximum atomic E-state index is 5.56. The summed E-state index contributed by atoms with van der Waals surface area (Å²) >= 11 is 5.56. The second-order valence-corrected chi connectivity index (χ2v) is 6.45. The molecule has 1 aromatic heterocycles. The van der Waals surface area contributed by atoms with Crippen LogP contribution in [0.1, 0.15) is 37.3 Å². The van der Waals surface area contributed by atoms with Crippen LogP contribution in [0.5, 0.6) is 0 Å². The summed E-state index contributed by atoms with van der Waals surface area (Å²) in [4.78, 5) is 3.38. The van der Waals surface area contributed by atoms with Crippen LogP contribution in [0.2, 0.25) is 0 Å². The smallest absolute Gasteiger partial charge is 0.178 e. The SMILES string of the molecule is Cc1ccc2c(c1)[nH]c(=S)n2C1CC2CCC1C2. The van der Waals surface area contributed by atoms with Crippen molar-refractivity contribution in [3.63, 3.8) is 0 Å². The minimum atomic E-state index is 0.646. The van der Waals surface area contributed by atoms with Gasteiger partial charge in [-0.05, 0) is 67.9 Å². The van der Waals surface area contributed by atoms with Crippen molar-refractivity contribution in [3.05, 3.63) is 28.5 Å². The Morgan fingerprint density at radius 2 is 2.17 bits per heavy atom. The molecule has 2 aliphatic carbocycles. The lowest BCUT2D eigenvalue weighted by molar-refractivity contribution is 0.333. The van der Waals surface area contributed by atoms with Gasteiger partial charge >= 0.3 is 0 Å². The van der Waals surface area contributed by atoms with E-state index in [-0.39, 0.29) is 0 Å². The first-order valence-electron chi connectivity index (χ1n) is 6.93. The molecule has 2 nitrogen and oxygen atoms in total. The van der Waals surface area contributed by atoms with Gasteiger partial charge in [-0.3, -0.25) is 0 Å². The molecular formula is C15H18N2S. The lowest BCUT2D eigenvalue weighted by atomic mass is 9.95. The van der Waals surface area contributed by atoms with Crippen LogP contribution in [-0.2, 0) is 0 Å². The number of aromatic nitrogens is 2. The zero-order valence-electron chi connectivity index (χ0n) is 10.6. The van der Waals surface area contributed by atoms with Crippen LogP contribution in [0.15, 0.2) is 18.2 Å². The Morgan fingerprint density at radius 1 is 1.28 bits per heavy atom. The fourth-order valence-corrected chi connectivity index (χ4v) is 4.45. The monoisotopic (exact) mass is 258 g/mol. The molecule has 4 rings (SSSR count). The van der Waals surface area contributed by atoms with Gasteiger partial charge in [0.15, 0.2) is 4.77 Å². The van der Waals surface area contributed by atoms with Crippen LogP contribution in [0.4, 0.5) is 0 Å². The van der Waals surface area contributed by atoms with Gasteiger partial charge < -0.3 is 9.55 Å². The van der Waals surface area contributed by atoms with Crippen LogP contribution in [0.3, 0.4) is 0 Å². The molecule has 1 N–H and O–H groups in total. The fourth-order valence-electron chi connectivity index (χ4n) is 4.10. The van der Waals surface area contributed by atoms with Crippen molar-refractivity contribution in [2.75, 3.05) is 0 Å². The van der Waals surface area contributed by atoms with Crippen molar-refractivity contribution >= 4 is 23.3 Å². The highest BCUT2D eigenvalue weighted by Gasteiger charge is 2.41. The van der Waals surface area contributed by atoms with Crippen LogP contribution in [-0.4, -0.2) is 9.55 Å². The molecule has 2 saturated carbocycles. The molecule has 2 fully saturated rings. The largest absolute Gasteiger partial charge is 0.331 e. The van der Waals surface area contributed by atoms with Crippen molar-refractivity contribution in [2.45, 2.75) is 38.6 Å². The number of hydrogen-bond acceptors (Lipinski definition) is 1. The summed E-state index contributed by atoms with van der Waals surface area (Å²) in [6, 6.07) is 7.26. The first kappa shape index (κ1) is 10.8. The van der Waals surface area contributed by atoms with Gasteiger partial charge in [-0.2, -0.15) is 0 Å². The van der Waals surface area contributed by atoms with E-state index in [1.807, 2.05) is 0 Å². The van der Waals surface area contributed by atoms with Crippen molar-refractivity contribution in [1.82, 2.24) is 9.55 Å². The van der Waals surface area contributed by atoms with Gasteiger partial charge in [0.2, 0.25) is 0 Å². The van der Waals surface area contributed by atoms with E-state index in [1.165, 1.54) is 42.3 Å². The normalized spacial score (nSPS) is 30.4. The summed E-state index contributed by atoms with van der Waals surface area (Å²) in [5.41, 5.74) is 3.78. The minimum Gasteiger partial charge on any atom is -0.331 e. The Labute approximate surface area is 112 Å². The topological polar surface area (TPSA) is 20.7 Å². The maximum absolute atomic E-state index is 5.56. The van der Waals surface area contributed by atoms with Gasteiger partial charge in [0.05, 0.1) is 11.0 Å². The van der Waals surface area contributed by atoms with Crippen LogP contribution in [0.25, 0.3) is 11.0 Å². The third-order valence-corrected chi connectivity index (χ3v) is 5.20. The fraction of sp³-hybridized carbons (Fsp3) is 0.533. The summed E-state index contributed by atoms with van der Waals surface area (Å²) in [5.74, 6) is 1.82. The van der Waals surface area contributed by atoms with E-state index in [0.717, 1.165) is 16.6 Å². The first-order valence-corrected chi connectivity index (χ1v) is 7.34. The predicted molar refractivity (Wildman–Crippen MR) is 76.3 cm³/mol. The molecule has 0 spiro atoms. The second kappa shape index (κ2) is 3.70. The molecule has 0 saturated heterocycles. The third kappa shape index (κ3) is 1.43. The lowest BCUT2D eigenvalue weighted by Crippen LogP contribution is -2.16. The molecule has 0 aliphatic heterocycles. The van der Waals surface area contributed by atoms with Gasteiger partial charge in [-0.1, -0.05) is 12.5 Å². The number of aryl methyl sites for hydroxylation is 1. The van der Waals surface area contributed by atoms with Gasteiger partial charge in [-0.15, -0.1) is 0 Å². The number of H-pyrrole nitrogens is 1. The molecule has 3 heteroatoms. The maximum Gasteiger partial charge on any atom is 0.178 e. The first-order chi connectivity index (χ1) is 8.72. The van der Waals surface area contributed by atoms with E-state index in [4.69, 9.17) is 12.2 Å². The molecular weight excluding hydrogens is 240 g/mol. The molecule has 0 amide bonds. The molecule has 1 aromatic carbocycles. The molecule has 3 atom stereocenters. The number of rotatable bonds is 1. The van der Waals surface area contributed by atoms with Gasteiger partial charge in [-0.25, -0.2) is 0 Å². The molecule has 1 heterocycles. The number of benzene rings is 1. The molecule has 2 bridgehead atoms. The number of nitrogens with zero attached hydrogens (tertiary/aromatic N) is 1. The third-order valence-electron chi connectivity index (χ3n) is 4.90. The van der Waals surface area contributed by atoms with E-state index in [1.54, 1.807) is 0 Å². The van der Waals surface area contributed by atoms with Gasteiger partial charge in [0.1, 0.15) is 0 Å². The second-order valence-electron chi connectivity index (χ2n) is 6.06. The van der Waals surface area contributed by atoms with E-state index in [2.05, 4.69) is 34.7 Å². The average molecular weight is 258 g/mol. The highest BCUT2D eigenvalue weighted by Crippen LogP contribution is 2.51. The lowest BCUT2D eigenvalue weighted by Gasteiger charge is -2.23. The highest BCUT2D eigenvalue weighted by molar-refractivity contribution is 7.71. The van der Waals surface area contributed by atoms with E-state index in [0.29, 0.717) is 6.04 Å². The highest BCUT2D eigenvalue weighted by atomic mass is 32.1. The minimum absolute atomic E-state index is 0.646. The number of hydrogen-bond donors (Lipinski definition) is 1. The molecule has 94 valence electrons. The Kier molecular flexibility index (Phi) is 2.22. The molecule has 2 aromatic rings. The Balaban J connectivity index is 1.90. The van der Waals surface area contributed by atoms with Crippen molar-refractivity contribution in [1.29, 1.82) is 0 Å². The quantitative estimate of drug-likeness (QED) is 0.753. The molecule has 18 heavy (non-hydrogen) atoms. The summed E-state index contributed by atoms with van der Waals surface area (Å²) < 4.78 is 3.31. The van der Waals surface area contributed by atoms with E-state index in [9.17, 15) is 0 Å². The summed E-state index contributed by atoms with van der Waals surface area (Å²) in [7, 11) is 0. The summed E-state index contributed by atoms with van der Waals surface area (Å²) in [5, 5.41) is 0. The van der Waals surface area contributed by atoms with Crippen molar-refractivity contribution in [2.24, 2.45) is 11.8 Å². The Morgan fingerprint density at radius 3 is 2.89 bits per heavy atom. The Bertz CT molecular complexity index is 667. The molecule has 3 unspecified atom stereocenters. The van der Waals surface area contributed by atoms with Crippen LogP contribution < -0.4 is 0 Å². The van der Waals surface area contributed by atoms with E-state index < -0.39 is 0 Å². The average Bonchev–Trinajstić information content (AvgIpc) is 3.00. The van der Waals surface area contributed by atoms with Crippen LogP contribution >= 0.6 is 12.2 Å². The number of fused-ring (bicyclic) bond motifs is 3. The predicted octanol–water partition coefficient (Wildman–Crippen LogP) is 4.37. The number of imidazole rings is 1. The van der Waals surface area contributed by atoms with Crippen molar-refractivity contribution < 1.29 is 0 Å². The zero-order chi connectivity index (χ0) is 12.3. The van der Waals surface area contributed by atoms with Crippen molar-refractivity contribution in [3.8, 4) is 0 Å². The summed E-state index contributed by atoms with van der Waals surface area (Å²) in [6.07, 6.45) is 5.59. The zero-order valence-corrected chi connectivity index (χ0v) is 11.5.